The van der Waals surface area contributed by atoms with Crippen molar-refractivity contribution < 1.29 is 9.90 Å². The molecule has 1 N–H and O–H groups in total. The van der Waals surface area contributed by atoms with Gasteiger partial charge < -0.3 is 10.0 Å². The van der Waals surface area contributed by atoms with Crippen molar-refractivity contribution in [3.8, 4) is 6.07 Å². The van der Waals surface area contributed by atoms with Crippen LogP contribution in [0.4, 0.5) is 5.69 Å². The average Bonchev–Trinajstić information content (AvgIpc) is 2.38. The molecule has 0 bridgehead atoms. The lowest BCUT2D eigenvalue weighted by molar-refractivity contribution is -0.148. The van der Waals surface area contributed by atoms with Crippen molar-refractivity contribution in [2.45, 2.75) is 19.8 Å². The number of nitrogens with zero attached hydrogens (tertiary/aromatic N) is 2. The van der Waals surface area contributed by atoms with Gasteiger partial charge in [0.1, 0.15) is 6.07 Å². The van der Waals surface area contributed by atoms with Gasteiger partial charge in [0.05, 0.1) is 16.7 Å². The van der Waals surface area contributed by atoms with Crippen LogP contribution in [-0.2, 0) is 4.79 Å². The topological polar surface area (TPSA) is 64.3 Å². The summed E-state index contributed by atoms with van der Waals surface area (Å²) in [5, 5.41) is 18.5. The fraction of sp³-hybridized carbons (Fsp3) is 0.429. The van der Waals surface area contributed by atoms with E-state index in [1.54, 1.807) is 13.0 Å². The highest BCUT2D eigenvalue weighted by atomic mass is 79.9. The summed E-state index contributed by atoms with van der Waals surface area (Å²) in [6, 6.07) is 7.63. The molecule has 4 nitrogen and oxygen atoms in total. The van der Waals surface area contributed by atoms with Crippen molar-refractivity contribution in [1.29, 1.82) is 5.26 Å². The second-order valence-corrected chi connectivity index (χ2v) is 6.08. The molecular weight excluding hydrogens is 308 g/mol. The second-order valence-electron chi connectivity index (χ2n) is 5.16. The maximum absolute atomic E-state index is 11.4. The number of hydrogen-bond acceptors (Lipinski definition) is 3. The summed E-state index contributed by atoms with van der Waals surface area (Å²) in [5.74, 6) is -0.772. The zero-order valence-electron chi connectivity index (χ0n) is 10.7. The summed E-state index contributed by atoms with van der Waals surface area (Å²) in [6.45, 7) is 2.99. The van der Waals surface area contributed by atoms with E-state index >= 15 is 0 Å². The summed E-state index contributed by atoms with van der Waals surface area (Å²) < 4.78 is 0.893. The fourth-order valence-corrected chi connectivity index (χ4v) is 2.83. The number of hydrogen-bond donors (Lipinski definition) is 1. The van der Waals surface area contributed by atoms with E-state index < -0.39 is 11.4 Å². The molecule has 0 spiro atoms. The van der Waals surface area contributed by atoms with E-state index in [-0.39, 0.29) is 0 Å². The molecule has 1 fully saturated rings. The Kier molecular flexibility index (Phi) is 3.81. The first-order valence-corrected chi connectivity index (χ1v) is 6.93. The number of carbonyl (C=O) groups is 1. The Morgan fingerprint density at radius 1 is 1.58 bits per heavy atom. The molecule has 100 valence electrons. The van der Waals surface area contributed by atoms with Gasteiger partial charge >= 0.3 is 5.97 Å². The SMILES string of the molecule is CC1(C(=O)O)CCCN(c2cc(Br)ccc2C#N)C1. The van der Waals surface area contributed by atoms with Crippen LogP contribution in [0, 0.1) is 16.7 Å². The van der Waals surface area contributed by atoms with Crippen molar-refractivity contribution in [3.63, 3.8) is 0 Å². The van der Waals surface area contributed by atoms with Gasteiger partial charge in [-0.2, -0.15) is 5.26 Å². The minimum Gasteiger partial charge on any atom is -0.481 e. The Hall–Kier alpha value is -1.54. The zero-order chi connectivity index (χ0) is 14.0. The Morgan fingerprint density at radius 2 is 2.32 bits per heavy atom. The van der Waals surface area contributed by atoms with Gasteiger partial charge in [-0.05, 0) is 38.0 Å². The summed E-state index contributed by atoms with van der Waals surface area (Å²) in [4.78, 5) is 13.4. The molecule has 0 aromatic heterocycles. The maximum Gasteiger partial charge on any atom is 0.311 e. The molecule has 0 radical (unpaired) electrons. The molecular formula is C14H15BrN2O2. The molecule has 5 heteroatoms. The number of nitriles is 1. The summed E-state index contributed by atoms with van der Waals surface area (Å²) in [5.41, 5.74) is 0.648. The molecule has 0 amide bonds. The van der Waals surface area contributed by atoms with Gasteiger partial charge in [0, 0.05) is 17.6 Å². The molecule has 2 rings (SSSR count). The summed E-state index contributed by atoms with van der Waals surface area (Å²) in [6.07, 6.45) is 1.49. The average molecular weight is 323 g/mol. The summed E-state index contributed by atoms with van der Waals surface area (Å²) in [7, 11) is 0. The van der Waals surface area contributed by atoms with Crippen LogP contribution in [0.5, 0.6) is 0 Å². The smallest absolute Gasteiger partial charge is 0.311 e. The predicted octanol–water partition coefficient (Wildman–Crippen LogP) is 3.01. The van der Waals surface area contributed by atoms with Crippen LogP contribution < -0.4 is 4.90 Å². The molecule has 19 heavy (non-hydrogen) atoms. The third-order valence-corrected chi connectivity index (χ3v) is 4.13. The fourth-order valence-electron chi connectivity index (χ4n) is 2.48. The van der Waals surface area contributed by atoms with Gasteiger partial charge in [0.2, 0.25) is 0 Å². The lowest BCUT2D eigenvalue weighted by Gasteiger charge is -2.39. The van der Waals surface area contributed by atoms with E-state index in [2.05, 4.69) is 22.0 Å². The third kappa shape index (κ3) is 2.74. The van der Waals surface area contributed by atoms with Gasteiger partial charge in [0.25, 0.3) is 0 Å². The highest BCUT2D eigenvalue weighted by molar-refractivity contribution is 9.10. The molecule has 0 aliphatic carbocycles. The van der Waals surface area contributed by atoms with Crippen molar-refractivity contribution in [3.05, 3.63) is 28.2 Å². The first-order chi connectivity index (χ1) is 8.96. The number of aliphatic carboxylic acids is 1. The van der Waals surface area contributed by atoms with Gasteiger partial charge in [-0.1, -0.05) is 15.9 Å². The van der Waals surface area contributed by atoms with Crippen LogP contribution in [0.3, 0.4) is 0 Å². The van der Waals surface area contributed by atoms with Crippen molar-refractivity contribution in [2.75, 3.05) is 18.0 Å². The normalized spacial score (nSPS) is 22.9. The number of halogens is 1. The number of rotatable bonds is 2. The third-order valence-electron chi connectivity index (χ3n) is 3.63. The standard InChI is InChI=1S/C14H15BrN2O2/c1-14(13(18)19)5-2-6-17(9-14)12-7-11(15)4-3-10(12)8-16/h3-4,7H,2,5-6,9H2,1H3,(H,18,19). The first kappa shape index (κ1) is 13.9. The Morgan fingerprint density at radius 3 is 2.95 bits per heavy atom. The molecule has 1 atom stereocenters. The van der Waals surface area contributed by atoms with Crippen LogP contribution in [0.15, 0.2) is 22.7 Å². The molecule has 1 aliphatic heterocycles. The largest absolute Gasteiger partial charge is 0.481 e. The molecule has 1 aromatic rings. The quantitative estimate of drug-likeness (QED) is 0.909. The van der Waals surface area contributed by atoms with E-state index in [9.17, 15) is 15.2 Å². The monoisotopic (exact) mass is 322 g/mol. The summed E-state index contributed by atoms with van der Waals surface area (Å²) >= 11 is 3.40. The van der Waals surface area contributed by atoms with E-state index in [0.717, 1.165) is 23.1 Å². The van der Waals surface area contributed by atoms with Crippen LogP contribution >= 0.6 is 15.9 Å². The Bertz CT molecular complexity index is 553. The van der Waals surface area contributed by atoms with Gasteiger partial charge in [-0.15, -0.1) is 0 Å². The Balaban J connectivity index is 2.35. The molecule has 1 unspecified atom stereocenters. The van der Waals surface area contributed by atoms with Crippen LogP contribution in [-0.4, -0.2) is 24.2 Å². The van der Waals surface area contributed by atoms with E-state index in [1.165, 1.54) is 0 Å². The van der Waals surface area contributed by atoms with Gasteiger partial charge in [0.15, 0.2) is 0 Å². The number of carboxylic acids is 1. The van der Waals surface area contributed by atoms with Crippen LogP contribution in [0.25, 0.3) is 0 Å². The van der Waals surface area contributed by atoms with Crippen LogP contribution in [0.1, 0.15) is 25.3 Å². The Labute approximate surface area is 120 Å². The van der Waals surface area contributed by atoms with Crippen molar-refractivity contribution >= 4 is 27.6 Å². The molecule has 1 aromatic carbocycles. The van der Waals surface area contributed by atoms with Gasteiger partial charge in [-0.25, -0.2) is 0 Å². The molecule has 1 aliphatic rings. The number of anilines is 1. The minimum absolute atomic E-state index is 0.438. The van der Waals surface area contributed by atoms with E-state index in [1.807, 2.05) is 17.0 Å². The first-order valence-electron chi connectivity index (χ1n) is 6.14. The second kappa shape index (κ2) is 5.22. The van der Waals surface area contributed by atoms with Crippen molar-refractivity contribution in [2.24, 2.45) is 5.41 Å². The lowest BCUT2D eigenvalue weighted by Crippen LogP contribution is -2.46. The van der Waals surface area contributed by atoms with Crippen molar-refractivity contribution in [1.82, 2.24) is 0 Å². The van der Waals surface area contributed by atoms with Gasteiger partial charge in [-0.3, -0.25) is 4.79 Å². The number of piperidine rings is 1. The number of benzene rings is 1. The zero-order valence-corrected chi connectivity index (χ0v) is 12.3. The highest BCUT2D eigenvalue weighted by Crippen LogP contribution is 2.34. The number of carboxylic acid groups (broad SMARTS) is 1. The highest BCUT2D eigenvalue weighted by Gasteiger charge is 2.38. The maximum atomic E-state index is 11.4. The van der Waals surface area contributed by atoms with E-state index in [0.29, 0.717) is 18.5 Å². The molecule has 1 heterocycles. The minimum atomic E-state index is -0.772. The molecule has 1 saturated heterocycles. The predicted molar refractivity (Wildman–Crippen MR) is 76.0 cm³/mol. The lowest BCUT2D eigenvalue weighted by atomic mass is 9.81. The molecule has 0 saturated carbocycles. The van der Waals surface area contributed by atoms with E-state index in [4.69, 9.17) is 0 Å². The van der Waals surface area contributed by atoms with Crippen LogP contribution in [0.2, 0.25) is 0 Å².